The van der Waals surface area contributed by atoms with Crippen molar-refractivity contribution in [3.8, 4) is 17.6 Å². The van der Waals surface area contributed by atoms with Crippen LogP contribution in [0.3, 0.4) is 0 Å². The summed E-state index contributed by atoms with van der Waals surface area (Å²) < 4.78 is 34.6. The predicted octanol–water partition coefficient (Wildman–Crippen LogP) is 2.72. The molecule has 182 valence electrons. The van der Waals surface area contributed by atoms with E-state index in [1.54, 1.807) is 31.0 Å². The fraction of sp³-hybridized carbons (Fsp3) is 0.640. The lowest BCUT2D eigenvalue weighted by Crippen LogP contribution is -2.50. The second-order valence-electron chi connectivity index (χ2n) is 9.75. The Morgan fingerprint density at radius 3 is 2.61 bits per heavy atom. The zero-order valence-electron chi connectivity index (χ0n) is 20.2. The van der Waals surface area contributed by atoms with Gasteiger partial charge >= 0.3 is 0 Å². The van der Waals surface area contributed by atoms with Crippen molar-refractivity contribution >= 4 is 15.9 Å². The molecule has 1 N–H and O–H groups in total. The molecule has 0 radical (unpaired) electrons. The Bertz CT molecular complexity index is 1020. The molecule has 0 unspecified atom stereocenters. The van der Waals surface area contributed by atoms with Crippen LogP contribution in [0, 0.1) is 29.6 Å². The zero-order valence-corrected chi connectivity index (χ0v) is 21.1. The highest BCUT2D eigenvalue weighted by molar-refractivity contribution is 7.89. The van der Waals surface area contributed by atoms with Crippen molar-refractivity contribution in [1.29, 1.82) is 0 Å². The number of ether oxygens (including phenoxy) is 1. The molecule has 1 fully saturated rings. The highest BCUT2D eigenvalue weighted by atomic mass is 32.2. The maximum atomic E-state index is 13.5. The number of aliphatic hydroxyl groups excluding tert-OH is 1. The summed E-state index contributed by atoms with van der Waals surface area (Å²) in [5, 5.41) is 9.75. The van der Waals surface area contributed by atoms with E-state index in [0.717, 1.165) is 12.8 Å². The molecule has 1 amide bonds. The number of hydrogen-bond donors (Lipinski definition) is 1. The first-order chi connectivity index (χ1) is 15.5. The summed E-state index contributed by atoms with van der Waals surface area (Å²) in [4.78, 5) is 14.4. The molecule has 1 aromatic rings. The van der Waals surface area contributed by atoms with Crippen molar-refractivity contribution in [3.63, 3.8) is 0 Å². The SMILES string of the molecule is CC(C)C#Cc1ccc2c(c1)O[C@@H](CN(C)C(=O)CC1CC1)[C@@H](C)CN([C@H](C)CO)S2(=O)=O. The van der Waals surface area contributed by atoms with Crippen LogP contribution in [0.15, 0.2) is 23.1 Å². The summed E-state index contributed by atoms with van der Waals surface area (Å²) in [6.45, 7) is 7.84. The van der Waals surface area contributed by atoms with Crippen molar-refractivity contribution in [1.82, 2.24) is 9.21 Å². The van der Waals surface area contributed by atoms with E-state index < -0.39 is 22.2 Å². The van der Waals surface area contributed by atoms with E-state index in [1.807, 2.05) is 20.8 Å². The Hall–Kier alpha value is -2.08. The van der Waals surface area contributed by atoms with Crippen LogP contribution in [0.5, 0.6) is 5.75 Å². The number of carbonyl (C=O) groups is 1. The summed E-state index contributed by atoms with van der Waals surface area (Å²) in [6, 6.07) is 4.29. The molecule has 1 heterocycles. The lowest BCUT2D eigenvalue weighted by Gasteiger charge is -2.37. The number of sulfonamides is 1. The number of rotatable bonds is 6. The monoisotopic (exact) mass is 476 g/mol. The molecule has 0 spiro atoms. The van der Waals surface area contributed by atoms with Gasteiger partial charge in [-0.2, -0.15) is 4.31 Å². The third-order valence-electron chi connectivity index (χ3n) is 6.21. The van der Waals surface area contributed by atoms with Gasteiger partial charge in [-0.25, -0.2) is 8.42 Å². The highest BCUT2D eigenvalue weighted by Crippen LogP contribution is 2.35. The minimum Gasteiger partial charge on any atom is -0.487 e. The summed E-state index contributed by atoms with van der Waals surface area (Å²) in [5.74, 6) is 6.95. The smallest absolute Gasteiger partial charge is 0.247 e. The molecule has 7 nitrogen and oxygen atoms in total. The molecule has 1 saturated carbocycles. The Kier molecular flexibility index (Phi) is 8.09. The normalized spacial score (nSPS) is 23.4. The van der Waals surface area contributed by atoms with Gasteiger partial charge < -0.3 is 14.7 Å². The van der Waals surface area contributed by atoms with Crippen LogP contribution in [0.25, 0.3) is 0 Å². The van der Waals surface area contributed by atoms with Crippen LogP contribution in [-0.4, -0.2) is 67.5 Å². The fourth-order valence-electron chi connectivity index (χ4n) is 3.85. The first-order valence-corrected chi connectivity index (χ1v) is 13.2. The third kappa shape index (κ3) is 6.28. The van der Waals surface area contributed by atoms with Crippen LogP contribution >= 0.6 is 0 Å². The van der Waals surface area contributed by atoms with Gasteiger partial charge in [0.2, 0.25) is 15.9 Å². The lowest BCUT2D eigenvalue weighted by atomic mass is 10.0. The van der Waals surface area contributed by atoms with Crippen LogP contribution in [-0.2, 0) is 14.8 Å². The lowest BCUT2D eigenvalue weighted by molar-refractivity contribution is -0.131. The van der Waals surface area contributed by atoms with Gasteiger partial charge in [-0.15, -0.1) is 0 Å². The molecule has 1 aromatic carbocycles. The van der Waals surface area contributed by atoms with Crippen LogP contribution in [0.4, 0.5) is 0 Å². The molecule has 2 aliphatic rings. The van der Waals surface area contributed by atoms with Crippen molar-refractivity contribution in [3.05, 3.63) is 23.8 Å². The number of nitrogens with zero attached hydrogens (tertiary/aromatic N) is 2. The Morgan fingerprint density at radius 1 is 1.30 bits per heavy atom. The molecular weight excluding hydrogens is 440 g/mol. The van der Waals surface area contributed by atoms with E-state index in [9.17, 15) is 18.3 Å². The van der Waals surface area contributed by atoms with E-state index >= 15 is 0 Å². The van der Waals surface area contributed by atoms with Gasteiger partial charge in [0.05, 0.1) is 13.2 Å². The predicted molar refractivity (Wildman–Crippen MR) is 127 cm³/mol. The topological polar surface area (TPSA) is 87.2 Å². The Morgan fingerprint density at radius 2 is 2.00 bits per heavy atom. The average molecular weight is 477 g/mol. The molecule has 0 aromatic heterocycles. The standard InChI is InChI=1S/C25H36N2O5S/c1-17(2)6-7-20-10-11-24-22(12-20)32-23(15-26(5)25(29)13-21-8-9-21)18(3)14-27(19(4)16-28)33(24,30)31/h10-12,17-19,21,23,28H,8-9,13-16H2,1-5H3/t18-,19+,23-/m0/s1. The number of fused-ring (bicyclic) bond motifs is 1. The first kappa shape index (κ1) is 25.5. The number of hydrogen-bond acceptors (Lipinski definition) is 5. The molecule has 0 saturated heterocycles. The summed E-state index contributed by atoms with van der Waals surface area (Å²) in [5.41, 5.74) is 0.671. The molecule has 0 bridgehead atoms. The van der Waals surface area contributed by atoms with Crippen molar-refractivity contribution in [2.24, 2.45) is 17.8 Å². The fourth-order valence-corrected chi connectivity index (χ4v) is 5.67. The third-order valence-corrected chi connectivity index (χ3v) is 8.23. The number of benzene rings is 1. The highest BCUT2D eigenvalue weighted by Gasteiger charge is 2.38. The van der Waals surface area contributed by atoms with Crippen LogP contribution in [0.2, 0.25) is 0 Å². The Labute approximate surface area is 198 Å². The number of amides is 1. The summed E-state index contributed by atoms with van der Waals surface area (Å²) in [6.07, 6.45) is 2.35. The van der Waals surface area contributed by atoms with Crippen molar-refractivity contribution in [2.75, 3.05) is 26.7 Å². The van der Waals surface area contributed by atoms with Gasteiger partial charge in [0, 0.05) is 43.5 Å². The summed E-state index contributed by atoms with van der Waals surface area (Å²) >= 11 is 0. The van der Waals surface area contributed by atoms with Gasteiger partial charge in [0.1, 0.15) is 16.7 Å². The number of carbonyl (C=O) groups excluding carboxylic acids is 1. The minimum atomic E-state index is -3.89. The second kappa shape index (κ2) is 10.5. The quantitative estimate of drug-likeness (QED) is 0.638. The molecule has 3 atom stereocenters. The molecule has 1 aliphatic carbocycles. The molecule has 33 heavy (non-hydrogen) atoms. The van der Waals surface area contributed by atoms with Gasteiger partial charge in [0.15, 0.2) is 0 Å². The average Bonchev–Trinajstić information content (AvgIpc) is 3.57. The van der Waals surface area contributed by atoms with E-state index in [2.05, 4.69) is 11.8 Å². The van der Waals surface area contributed by atoms with E-state index in [-0.39, 0.29) is 41.5 Å². The zero-order chi connectivity index (χ0) is 24.3. The number of aliphatic hydroxyl groups is 1. The first-order valence-electron chi connectivity index (χ1n) is 11.7. The van der Waals surface area contributed by atoms with Gasteiger partial charge in [-0.05, 0) is 43.9 Å². The Balaban J connectivity index is 1.99. The maximum absolute atomic E-state index is 13.5. The van der Waals surface area contributed by atoms with Gasteiger partial charge in [-0.1, -0.05) is 32.6 Å². The molecule has 1 aliphatic heterocycles. The van der Waals surface area contributed by atoms with Gasteiger partial charge in [-0.3, -0.25) is 4.79 Å². The van der Waals surface area contributed by atoms with E-state index in [4.69, 9.17) is 4.74 Å². The van der Waals surface area contributed by atoms with Crippen molar-refractivity contribution < 1.29 is 23.1 Å². The molecule has 3 rings (SSSR count). The van der Waals surface area contributed by atoms with Crippen LogP contribution < -0.4 is 4.74 Å². The van der Waals surface area contributed by atoms with Crippen molar-refractivity contribution in [2.45, 2.75) is 64.0 Å². The largest absolute Gasteiger partial charge is 0.487 e. The summed E-state index contributed by atoms with van der Waals surface area (Å²) in [7, 11) is -2.12. The van der Waals surface area contributed by atoms with Crippen LogP contribution in [0.1, 0.15) is 52.5 Å². The maximum Gasteiger partial charge on any atom is 0.247 e. The van der Waals surface area contributed by atoms with E-state index in [0.29, 0.717) is 24.4 Å². The van der Waals surface area contributed by atoms with Gasteiger partial charge in [0.25, 0.3) is 0 Å². The number of likely N-dealkylation sites (N-methyl/N-ethyl adjacent to an activating group) is 1. The second-order valence-corrected chi connectivity index (χ2v) is 11.6. The van der Waals surface area contributed by atoms with E-state index in [1.165, 1.54) is 10.4 Å². The molecular formula is C25H36N2O5S. The molecule has 8 heteroatoms. The minimum absolute atomic E-state index is 0.0572.